The van der Waals surface area contributed by atoms with Crippen molar-refractivity contribution in [2.45, 2.75) is 90.9 Å². The van der Waals surface area contributed by atoms with Crippen LogP contribution in [0.2, 0.25) is 0 Å². The summed E-state index contributed by atoms with van der Waals surface area (Å²) in [5, 5.41) is 0. The summed E-state index contributed by atoms with van der Waals surface area (Å²) in [4.78, 5) is 183. The fourth-order valence-corrected chi connectivity index (χ4v) is 9.23. The van der Waals surface area contributed by atoms with Crippen LogP contribution in [0.1, 0.15) is 90.9 Å². The third-order valence-electron chi connectivity index (χ3n) is 13.6. The van der Waals surface area contributed by atoms with Crippen molar-refractivity contribution >= 4 is 298 Å². The number of thiol groups is 16. The standard InChI is InChI=1S/C17H28O8S4.C15H26O6S3.C14H22O8S4.C12H20O6S3.C8H14O4S2/c18-13(1-5-26)22-9-17(10-23-14(19)2-6-27,11-24-15(20)3-7-28)12-25-16(21)4-8-29;1-2-15(9-19-12(16)3-6-22,10-20-13(17)4-7-23)11-21-14(18)5-8-24;15-10(1-2-23)19-6-14(7-20-11(16)3-24,8-21-12(17)4-25)9-22-13(18)5-26;1-2-12(6-16-9(13)3-19,7-17-10(14)4-20)8-18-11(15)5-21;9-7(1-5-13)11-3-4-12-8(10)2-6-14/h26-29H,1-12H2;22-24H,2-11H2,1H3;23-26H,1-9H2;19-21H,2-8H2,1H3;13-14H,1-6H2. The zero-order valence-corrected chi connectivity index (χ0v) is 77.6. The molecule has 0 unspecified atom stereocenters. The molecular formula is C66H110O32S16. The van der Waals surface area contributed by atoms with Gasteiger partial charge in [0.25, 0.3) is 0 Å². The van der Waals surface area contributed by atoms with E-state index in [1.54, 1.807) is 0 Å². The number of hydrogen-bond acceptors (Lipinski definition) is 48. The summed E-state index contributed by atoms with van der Waals surface area (Å²) in [6.07, 6.45) is 2.40. The average Bonchev–Trinajstić information content (AvgIpc) is 0.865. The first-order chi connectivity index (χ1) is 54.2. The second-order valence-electron chi connectivity index (χ2n) is 23.1. The molecule has 0 amide bonds. The van der Waals surface area contributed by atoms with Crippen LogP contribution in [0.5, 0.6) is 0 Å². The van der Waals surface area contributed by atoms with Crippen molar-refractivity contribution in [1.29, 1.82) is 0 Å². The molecule has 0 atom stereocenters. The van der Waals surface area contributed by atoms with Crippen molar-refractivity contribution in [3.8, 4) is 0 Å². The van der Waals surface area contributed by atoms with Crippen molar-refractivity contribution in [2.75, 3.05) is 198 Å². The summed E-state index contributed by atoms with van der Waals surface area (Å²) in [5.41, 5.74) is -4.10. The lowest BCUT2D eigenvalue weighted by Crippen LogP contribution is -2.44. The quantitative estimate of drug-likeness (QED) is 0.0162. The summed E-state index contributed by atoms with van der Waals surface area (Å²) in [6, 6.07) is 0. The summed E-state index contributed by atoms with van der Waals surface area (Å²) < 4.78 is 81.4. The molecule has 0 N–H and O–H groups in total. The van der Waals surface area contributed by atoms with E-state index in [2.05, 4.69) is 202 Å². The van der Waals surface area contributed by atoms with Gasteiger partial charge in [0.1, 0.15) is 117 Å². The minimum Gasteiger partial charge on any atom is -0.465 e. The monoisotopic (exact) mass is 1930 g/mol. The fourth-order valence-electron chi connectivity index (χ4n) is 6.85. The summed E-state index contributed by atoms with van der Waals surface area (Å²) in [6.45, 7) is 1.36. The summed E-state index contributed by atoms with van der Waals surface area (Å²) in [5.74, 6) is -5.19. The smallest absolute Gasteiger partial charge is 0.315 e. The van der Waals surface area contributed by atoms with Crippen LogP contribution in [-0.4, -0.2) is 293 Å². The highest BCUT2D eigenvalue weighted by Crippen LogP contribution is 2.28. The van der Waals surface area contributed by atoms with Crippen LogP contribution in [0.15, 0.2) is 0 Å². The summed E-state index contributed by atoms with van der Waals surface area (Å²) in [7, 11) is 0. The maximum atomic E-state index is 11.8. The van der Waals surface area contributed by atoms with E-state index in [1.807, 2.05) is 13.8 Å². The molecule has 0 saturated carbocycles. The molecule has 0 aliphatic rings. The van der Waals surface area contributed by atoms with Gasteiger partial charge in [0.05, 0.1) is 110 Å². The van der Waals surface area contributed by atoms with Gasteiger partial charge in [-0.15, -0.1) is 0 Å². The SMILES string of the molecule is CCC(COC(=O)CCS)(COC(=O)CCS)COC(=O)CCS.CCC(COC(=O)CS)(COC(=O)CS)COC(=O)CS.O=C(CCS)OCC(COC(=O)CCS)(COC(=O)CCS)COC(=O)CCS.O=C(CCS)OCCOC(=O)CCS.O=C(CS)OCC(COC(=O)CS)(COC(=O)CS)COC(=O)CCS. The van der Waals surface area contributed by atoms with E-state index < -0.39 is 105 Å². The van der Waals surface area contributed by atoms with Crippen molar-refractivity contribution in [1.82, 2.24) is 0 Å². The van der Waals surface area contributed by atoms with Gasteiger partial charge < -0.3 is 75.8 Å². The molecule has 0 fully saturated rings. The van der Waals surface area contributed by atoms with Gasteiger partial charge >= 0.3 is 95.5 Å². The molecule has 0 radical (unpaired) electrons. The van der Waals surface area contributed by atoms with Crippen LogP contribution in [0.4, 0.5) is 0 Å². The van der Waals surface area contributed by atoms with Crippen molar-refractivity contribution in [2.24, 2.45) is 21.7 Å². The van der Waals surface area contributed by atoms with Gasteiger partial charge in [-0.1, -0.05) is 13.8 Å². The summed E-state index contributed by atoms with van der Waals surface area (Å²) >= 11 is 62.3. The minimum absolute atomic E-state index is 0.00157. The molecule has 0 spiro atoms. The van der Waals surface area contributed by atoms with Crippen LogP contribution in [-0.2, 0) is 153 Å². The molecular weight excluding hydrogens is 1820 g/mol. The molecule has 662 valence electrons. The molecule has 0 aromatic carbocycles. The molecule has 0 aromatic heterocycles. The first kappa shape index (κ1) is 120. The van der Waals surface area contributed by atoms with Crippen molar-refractivity contribution < 1.29 is 153 Å². The molecule has 32 nitrogen and oxygen atoms in total. The Hall–Kier alpha value is -2.88. The Labute approximate surface area is 753 Å². The third kappa shape index (κ3) is 68.8. The van der Waals surface area contributed by atoms with Crippen molar-refractivity contribution in [3.05, 3.63) is 0 Å². The van der Waals surface area contributed by atoms with Gasteiger partial charge in [0, 0.05) is 57.5 Å². The van der Waals surface area contributed by atoms with Gasteiger partial charge in [0.15, 0.2) is 0 Å². The second kappa shape index (κ2) is 78.6. The molecule has 0 aromatic rings. The molecule has 48 heteroatoms. The molecule has 0 aliphatic carbocycles. The highest BCUT2D eigenvalue weighted by Gasteiger charge is 2.40. The lowest BCUT2D eigenvalue weighted by molar-refractivity contribution is -0.172. The second-order valence-corrected chi connectivity index (χ2v) is 29.5. The molecule has 0 rings (SSSR count). The predicted octanol–water partition coefficient (Wildman–Crippen LogP) is 5.17. The van der Waals surface area contributed by atoms with E-state index in [-0.39, 0.29) is 245 Å². The number of ether oxygens (including phenoxy) is 16. The Morgan fingerprint density at radius 1 is 0.167 bits per heavy atom. The maximum Gasteiger partial charge on any atom is 0.315 e. The zero-order valence-electron chi connectivity index (χ0n) is 63.3. The maximum absolute atomic E-state index is 11.8. The lowest BCUT2D eigenvalue weighted by Gasteiger charge is -2.31. The molecule has 0 heterocycles. The number of carbonyl (C=O) groups excluding carboxylic acids is 16. The lowest BCUT2D eigenvalue weighted by atomic mass is 9.88. The highest BCUT2D eigenvalue weighted by molar-refractivity contribution is 7.83. The van der Waals surface area contributed by atoms with Crippen LogP contribution < -0.4 is 0 Å². The Morgan fingerprint density at radius 2 is 0.272 bits per heavy atom. The van der Waals surface area contributed by atoms with E-state index >= 15 is 0 Å². The van der Waals surface area contributed by atoms with E-state index in [0.717, 1.165) is 0 Å². The first-order valence-electron chi connectivity index (χ1n) is 34.4. The predicted molar refractivity (Wildman–Crippen MR) is 473 cm³/mol. The van der Waals surface area contributed by atoms with Gasteiger partial charge in [-0.2, -0.15) is 202 Å². The number of rotatable bonds is 59. The molecule has 0 aliphatic heterocycles. The molecule has 0 saturated heterocycles. The van der Waals surface area contributed by atoms with Crippen LogP contribution in [0.3, 0.4) is 0 Å². The number of carbonyl (C=O) groups is 16. The van der Waals surface area contributed by atoms with Gasteiger partial charge in [-0.05, 0) is 12.8 Å². The van der Waals surface area contributed by atoms with Gasteiger partial charge in [-0.25, -0.2) is 0 Å². The Bertz CT molecular complexity index is 2510. The fraction of sp³-hybridized carbons (Fsp3) is 0.758. The highest BCUT2D eigenvalue weighted by atomic mass is 32.1. The zero-order chi connectivity index (χ0) is 87.7. The minimum atomic E-state index is -1.28. The average molecular weight is 1930 g/mol. The molecule has 0 bridgehead atoms. The van der Waals surface area contributed by atoms with E-state index in [9.17, 15) is 76.7 Å². The largest absolute Gasteiger partial charge is 0.465 e. The van der Waals surface area contributed by atoms with Crippen molar-refractivity contribution in [3.63, 3.8) is 0 Å². The first-order valence-corrected chi connectivity index (χ1v) is 44.6. The Kier molecular flexibility index (Phi) is 82.5. The van der Waals surface area contributed by atoms with E-state index in [4.69, 9.17) is 75.8 Å². The Morgan fingerprint density at radius 3 is 0.377 bits per heavy atom. The van der Waals surface area contributed by atoms with Crippen LogP contribution >= 0.6 is 202 Å². The topological polar surface area (TPSA) is 421 Å². The third-order valence-corrected chi connectivity index (χ3v) is 17.4. The van der Waals surface area contributed by atoms with E-state index in [1.165, 1.54) is 0 Å². The number of esters is 16. The van der Waals surface area contributed by atoms with Gasteiger partial charge in [-0.3, -0.25) is 76.7 Å². The normalized spacial score (nSPS) is 10.7. The van der Waals surface area contributed by atoms with E-state index in [0.29, 0.717) is 41.6 Å². The van der Waals surface area contributed by atoms with Gasteiger partial charge in [0.2, 0.25) is 0 Å². The Balaban J connectivity index is -0.000000441. The molecule has 114 heavy (non-hydrogen) atoms. The number of hydrogen-bond donors (Lipinski definition) is 16. The van der Waals surface area contributed by atoms with Crippen LogP contribution in [0, 0.1) is 21.7 Å². The van der Waals surface area contributed by atoms with Crippen LogP contribution in [0.25, 0.3) is 0 Å².